The van der Waals surface area contributed by atoms with Crippen LogP contribution in [0.3, 0.4) is 0 Å². The molecule has 0 saturated heterocycles. The fourth-order valence-corrected chi connectivity index (χ4v) is 1.91. The van der Waals surface area contributed by atoms with Crippen molar-refractivity contribution in [3.05, 3.63) is 75.1 Å². The van der Waals surface area contributed by atoms with E-state index >= 15 is 0 Å². The molecule has 0 aliphatic carbocycles. The molecular formula is C18H26Cl2MnN5-3. The summed E-state index contributed by atoms with van der Waals surface area (Å²) in [6.07, 6.45) is 0. The summed E-state index contributed by atoms with van der Waals surface area (Å²) in [7, 11) is 13.2. The molecule has 26 heavy (non-hydrogen) atoms. The maximum atomic E-state index is 4.80. The predicted molar refractivity (Wildman–Crippen MR) is 109 cm³/mol. The van der Waals surface area contributed by atoms with Crippen molar-refractivity contribution in [3.63, 3.8) is 0 Å². The molecule has 0 aliphatic rings. The number of halogens is 2. The van der Waals surface area contributed by atoms with Gasteiger partial charge in [0.15, 0.2) is 0 Å². The van der Waals surface area contributed by atoms with Gasteiger partial charge in [0, 0.05) is 22.8 Å². The summed E-state index contributed by atoms with van der Waals surface area (Å²) in [6, 6.07) is 12.0. The molecule has 147 valence electrons. The molecular weight excluding hydrogens is 412 g/mol. The van der Waals surface area contributed by atoms with Gasteiger partial charge in [0.25, 0.3) is 0 Å². The molecule has 0 radical (unpaired) electrons. The van der Waals surface area contributed by atoms with Gasteiger partial charge in [0.05, 0.1) is 0 Å². The Morgan fingerprint density at radius 3 is 1.81 bits per heavy atom. The number of aromatic nitrogens is 2. The van der Waals surface area contributed by atoms with Crippen LogP contribution in [0.2, 0.25) is 0 Å². The number of nitrogens with zero attached hydrogens (tertiary/aromatic N) is 5. The SMILES string of the molecule is C[N-]CC[N-]Cc1cccc(C[N-]C)n1.Cc1cccc(C)n1.[Cl][Mn][Cl]. The summed E-state index contributed by atoms with van der Waals surface area (Å²) >= 11 is 0.00694. The summed E-state index contributed by atoms with van der Waals surface area (Å²) < 4.78 is 0. The minimum atomic E-state index is 0.00694. The van der Waals surface area contributed by atoms with Gasteiger partial charge in [-0.25, -0.2) is 0 Å². The molecule has 0 amide bonds. The van der Waals surface area contributed by atoms with Gasteiger partial charge in [-0.2, -0.15) is 27.2 Å². The second-order valence-electron chi connectivity index (χ2n) is 5.21. The number of likely N-dealkylation sites (N-methyl/N-ethyl adjacent to an activating group) is 1. The van der Waals surface area contributed by atoms with Crippen molar-refractivity contribution in [2.45, 2.75) is 26.9 Å². The number of hydrogen-bond donors (Lipinski definition) is 0. The zero-order valence-electron chi connectivity index (χ0n) is 15.7. The summed E-state index contributed by atoms with van der Waals surface area (Å²) in [5.74, 6) is 0. The van der Waals surface area contributed by atoms with Gasteiger partial charge in [0.1, 0.15) is 0 Å². The van der Waals surface area contributed by atoms with Crippen LogP contribution >= 0.6 is 20.2 Å². The third kappa shape index (κ3) is 14.4. The monoisotopic (exact) mass is 437 g/mol. The van der Waals surface area contributed by atoms with E-state index in [0.717, 1.165) is 35.9 Å². The Labute approximate surface area is 172 Å². The van der Waals surface area contributed by atoms with Crippen molar-refractivity contribution < 1.29 is 13.1 Å². The summed E-state index contributed by atoms with van der Waals surface area (Å²) in [6.45, 7) is 6.91. The molecule has 0 unspecified atom stereocenters. The first-order chi connectivity index (χ1) is 12.6. The Bertz CT molecular complexity index is 570. The van der Waals surface area contributed by atoms with Crippen molar-refractivity contribution in [1.29, 1.82) is 0 Å². The first-order valence-corrected chi connectivity index (χ1v) is 11.3. The number of aryl methyl sites for hydroxylation is 2. The first-order valence-electron chi connectivity index (χ1n) is 8.03. The zero-order chi connectivity index (χ0) is 19.6. The van der Waals surface area contributed by atoms with Gasteiger partial charge in [0.2, 0.25) is 0 Å². The number of rotatable bonds is 7. The van der Waals surface area contributed by atoms with Crippen molar-refractivity contribution in [2.75, 3.05) is 27.2 Å². The molecule has 0 aliphatic heterocycles. The van der Waals surface area contributed by atoms with Gasteiger partial charge < -0.3 is 16.0 Å². The fourth-order valence-electron chi connectivity index (χ4n) is 1.91. The van der Waals surface area contributed by atoms with Crippen molar-refractivity contribution in [3.8, 4) is 0 Å². The third-order valence-electron chi connectivity index (χ3n) is 2.97. The van der Waals surface area contributed by atoms with E-state index in [9.17, 15) is 0 Å². The molecule has 8 heteroatoms. The maximum absolute atomic E-state index is 4.80. The first kappa shape index (κ1) is 25.3. The normalized spacial score (nSPS) is 9.62. The minimum absolute atomic E-state index is 0.00694. The molecule has 2 aromatic rings. The summed E-state index contributed by atoms with van der Waals surface area (Å²) in [5.41, 5.74) is 4.19. The Morgan fingerprint density at radius 1 is 0.808 bits per heavy atom. The molecule has 0 aromatic carbocycles. The van der Waals surface area contributed by atoms with Crippen LogP contribution in [0, 0.1) is 13.8 Å². The van der Waals surface area contributed by atoms with Crippen molar-refractivity contribution in [1.82, 2.24) is 9.97 Å². The predicted octanol–water partition coefficient (Wildman–Crippen LogP) is 5.54. The zero-order valence-corrected chi connectivity index (χ0v) is 18.4. The van der Waals surface area contributed by atoms with Crippen LogP contribution in [0.5, 0.6) is 0 Å². The van der Waals surface area contributed by atoms with Crippen LogP contribution < -0.4 is 0 Å². The molecule has 5 nitrogen and oxygen atoms in total. The second kappa shape index (κ2) is 17.7. The Hall–Kier alpha value is -0.721. The molecule has 0 N–H and O–H groups in total. The molecule has 0 atom stereocenters. The van der Waals surface area contributed by atoms with Gasteiger partial charge in [-0.1, -0.05) is 12.1 Å². The average molecular weight is 438 g/mol. The molecule has 0 bridgehead atoms. The molecule has 0 fully saturated rings. The summed E-state index contributed by atoms with van der Waals surface area (Å²) in [4.78, 5) is 8.62. The van der Waals surface area contributed by atoms with E-state index in [1.807, 2.05) is 50.2 Å². The molecule has 2 aromatic heterocycles. The average Bonchev–Trinajstić information content (AvgIpc) is 2.61. The van der Waals surface area contributed by atoms with Gasteiger partial charge in [-0.3, -0.25) is 9.97 Å². The van der Waals surface area contributed by atoms with E-state index in [-0.39, 0.29) is 13.1 Å². The van der Waals surface area contributed by atoms with E-state index in [1.54, 1.807) is 14.1 Å². The third-order valence-corrected chi connectivity index (χ3v) is 2.97. The van der Waals surface area contributed by atoms with Gasteiger partial charge in [-0.15, -0.1) is 13.1 Å². The molecule has 0 spiro atoms. The van der Waals surface area contributed by atoms with E-state index in [0.29, 0.717) is 13.1 Å². The van der Waals surface area contributed by atoms with E-state index in [1.165, 1.54) is 0 Å². The Morgan fingerprint density at radius 2 is 1.35 bits per heavy atom. The van der Waals surface area contributed by atoms with Crippen LogP contribution in [0.4, 0.5) is 0 Å². The van der Waals surface area contributed by atoms with E-state index < -0.39 is 0 Å². The fraction of sp³-hybridized carbons (Fsp3) is 0.444. The summed E-state index contributed by atoms with van der Waals surface area (Å²) in [5, 5.41) is 12.4. The topological polar surface area (TPSA) is 68.1 Å². The van der Waals surface area contributed by atoms with E-state index in [2.05, 4.69) is 25.9 Å². The van der Waals surface area contributed by atoms with Gasteiger partial charge in [-0.05, 0) is 38.1 Å². The van der Waals surface area contributed by atoms with Crippen LogP contribution in [0.25, 0.3) is 16.0 Å². The quantitative estimate of drug-likeness (QED) is 0.421. The Kier molecular flexibility index (Phi) is 17.2. The van der Waals surface area contributed by atoms with Crippen molar-refractivity contribution in [2.24, 2.45) is 0 Å². The van der Waals surface area contributed by atoms with Crippen LogP contribution in [0.1, 0.15) is 22.8 Å². The second-order valence-corrected chi connectivity index (χ2v) is 7.16. The Balaban J connectivity index is 0.000000474. The number of pyridine rings is 2. The molecule has 0 saturated carbocycles. The standard InChI is InChI=1S/C11H17N4.C7H9N.2ClH.Mn/c1-12-6-7-14-9-11-5-3-4-10(15-11)8-13-2;1-6-4-3-5-7(2)8-6;;;/h3-5H,6-9H2,1-2H3;3-5H,1-2H3;2*1H;/q-3;;;;+2/p-2. The van der Waals surface area contributed by atoms with Crippen molar-refractivity contribution >= 4 is 20.2 Å². The van der Waals surface area contributed by atoms with Crippen LogP contribution in [-0.2, 0) is 26.2 Å². The number of hydrogen-bond acceptors (Lipinski definition) is 2. The van der Waals surface area contributed by atoms with Crippen LogP contribution in [0.15, 0.2) is 36.4 Å². The van der Waals surface area contributed by atoms with E-state index in [4.69, 9.17) is 20.2 Å². The molecule has 2 rings (SSSR count). The molecule has 2 heterocycles. The van der Waals surface area contributed by atoms with Gasteiger partial charge >= 0.3 is 33.3 Å². The van der Waals surface area contributed by atoms with Crippen LogP contribution in [-0.4, -0.2) is 37.2 Å².